The lowest BCUT2D eigenvalue weighted by Crippen LogP contribution is -2.56. The summed E-state index contributed by atoms with van der Waals surface area (Å²) in [6, 6.07) is 6.74. The van der Waals surface area contributed by atoms with E-state index in [9.17, 15) is 9.18 Å². The quantitative estimate of drug-likeness (QED) is 0.663. The second-order valence-corrected chi connectivity index (χ2v) is 7.91. The van der Waals surface area contributed by atoms with Crippen LogP contribution in [0.15, 0.2) is 36.7 Å². The zero-order chi connectivity index (χ0) is 20.8. The summed E-state index contributed by atoms with van der Waals surface area (Å²) >= 11 is 0. The molecule has 0 N–H and O–H groups in total. The summed E-state index contributed by atoms with van der Waals surface area (Å²) in [5.74, 6) is 0.00118. The SMILES string of the molecule is Cc1cc(C)nc(N2C3CCC2CN(C(=O)c2cccc(F)c2-n2nccn2)C3)n1. The third-order valence-electron chi connectivity index (χ3n) is 5.81. The predicted molar refractivity (Wildman–Crippen MR) is 108 cm³/mol. The van der Waals surface area contributed by atoms with Crippen LogP contribution in [0.5, 0.6) is 0 Å². The number of para-hydroxylation sites is 1. The van der Waals surface area contributed by atoms with Crippen molar-refractivity contribution in [2.24, 2.45) is 0 Å². The Morgan fingerprint density at radius 2 is 1.67 bits per heavy atom. The van der Waals surface area contributed by atoms with Crippen LogP contribution in [0.4, 0.5) is 10.3 Å². The van der Waals surface area contributed by atoms with E-state index < -0.39 is 5.82 Å². The van der Waals surface area contributed by atoms with Gasteiger partial charge in [0.05, 0.1) is 18.0 Å². The van der Waals surface area contributed by atoms with Crippen LogP contribution in [0.3, 0.4) is 0 Å². The number of aromatic nitrogens is 5. The molecule has 8 nitrogen and oxygen atoms in total. The van der Waals surface area contributed by atoms with Crippen LogP contribution < -0.4 is 4.90 Å². The molecule has 2 atom stereocenters. The first-order valence-electron chi connectivity index (χ1n) is 10.1. The first-order valence-corrected chi connectivity index (χ1v) is 10.1. The first-order chi connectivity index (χ1) is 14.5. The second-order valence-electron chi connectivity index (χ2n) is 7.91. The zero-order valence-corrected chi connectivity index (χ0v) is 16.9. The highest BCUT2D eigenvalue weighted by Gasteiger charge is 2.43. The number of benzene rings is 1. The van der Waals surface area contributed by atoms with Gasteiger partial charge in [0.1, 0.15) is 5.69 Å². The van der Waals surface area contributed by atoms with Gasteiger partial charge in [-0.05, 0) is 44.9 Å². The molecule has 2 saturated heterocycles. The van der Waals surface area contributed by atoms with Gasteiger partial charge in [-0.15, -0.1) is 4.80 Å². The van der Waals surface area contributed by atoms with Crippen LogP contribution in [-0.4, -0.2) is 60.9 Å². The highest BCUT2D eigenvalue weighted by atomic mass is 19.1. The summed E-state index contributed by atoms with van der Waals surface area (Å²) in [7, 11) is 0. The molecule has 2 unspecified atom stereocenters. The molecule has 2 aromatic heterocycles. The van der Waals surface area contributed by atoms with Gasteiger partial charge < -0.3 is 9.80 Å². The van der Waals surface area contributed by atoms with E-state index in [0.717, 1.165) is 35.0 Å². The summed E-state index contributed by atoms with van der Waals surface area (Å²) in [5, 5.41) is 8.03. The fourth-order valence-electron chi connectivity index (χ4n) is 4.61. The number of carbonyl (C=O) groups excluding carboxylic acids is 1. The minimum atomic E-state index is -0.526. The van der Waals surface area contributed by atoms with Crippen LogP contribution >= 0.6 is 0 Å². The number of rotatable bonds is 3. The lowest BCUT2D eigenvalue weighted by molar-refractivity contribution is 0.0716. The molecule has 0 aliphatic carbocycles. The van der Waals surface area contributed by atoms with E-state index in [0.29, 0.717) is 13.1 Å². The molecule has 154 valence electrons. The van der Waals surface area contributed by atoms with Crippen LogP contribution in [-0.2, 0) is 0 Å². The Bertz CT molecular complexity index is 1070. The maximum Gasteiger partial charge on any atom is 0.256 e. The van der Waals surface area contributed by atoms with E-state index in [1.54, 1.807) is 12.1 Å². The van der Waals surface area contributed by atoms with Crippen molar-refractivity contribution >= 4 is 11.9 Å². The van der Waals surface area contributed by atoms with Crippen molar-refractivity contribution in [2.45, 2.75) is 38.8 Å². The van der Waals surface area contributed by atoms with Crippen molar-refractivity contribution in [3.05, 3.63) is 59.4 Å². The normalized spacial score (nSPS) is 20.6. The van der Waals surface area contributed by atoms with Crippen molar-refractivity contribution in [1.82, 2.24) is 29.9 Å². The summed E-state index contributed by atoms with van der Waals surface area (Å²) in [6.45, 7) is 5.03. The molecule has 2 aliphatic heterocycles. The predicted octanol–water partition coefficient (Wildman–Crippen LogP) is 2.31. The van der Waals surface area contributed by atoms with Crippen molar-refractivity contribution in [3.63, 3.8) is 0 Å². The van der Waals surface area contributed by atoms with Crippen molar-refractivity contribution in [1.29, 1.82) is 0 Å². The average molecular weight is 407 g/mol. The highest BCUT2D eigenvalue weighted by molar-refractivity contribution is 5.98. The fourth-order valence-corrected chi connectivity index (χ4v) is 4.61. The summed E-state index contributed by atoms with van der Waals surface area (Å²) in [5.41, 5.74) is 2.22. The molecule has 5 rings (SSSR count). The smallest absolute Gasteiger partial charge is 0.256 e. The Labute approximate surface area is 173 Å². The number of halogens is 1. The molecule has 4 heterocycles. The second kappa shape index (κ2) is 7.16. The van der Waals surface area contributed by atoms with Crippen LogP contribution in [0.25, 0.3) is 5.69 Å². The number of anilines is 1. The standard InChI is InChI=1S/C21H22FN7O/c1-13-10-14(2)26-21(25-13)28-15-6-7-16(28)12-27(11-15)20(30)17-4-3-5-18(22)19(17)29-23-8-9-24-29/h3-5,8-10,15-16H,6-7,11-12H2,1-2H3. The lowest BCUT2D eigenvalue weighted by atomic mass is 10.1. The number of piperazine rings is 1. The van der Waals surface area contributed by atoms with Crippen molar-refractivity contribution < 1.29 is 9.18 Å². The molecule has 2 aliphatic rings. The van der Waals surface area contributed by atoms with E-state index in [-0.39, 0.29) is 29.2 Å². The first kappa shape index (κ1) is 18.7. The van der Waals surface area contributed by atoms with Gasteiger partial charge in [-0.1, -0.05) is 6.07 Å². The van der Waals surface area contributed by atoms with Gasteiger partial charge in [-0.2, -0.15) is 10.2 Å². The van der Waals surface area contributed by atoms with E-state index in [1.165, 1.54) is 18.5 Å². The topological polar surface area (TPSA) is 80.0 Å². The lowest BCUT2D eigenvalue weighted by Gasteiger charge is -2.41. The average Bonchev–Trinajstić information content (AvgIpc) is 3.32. The number of fused-ring (bicyclic) bond motifs is 2. The van der Waals surface area contributed by atoms with Crippen LogP contribution in [0.2, 0.25) is 0 Å². The van der Waals surface area contributed by atoms with Gasteiger partial charge in [0, 0.05) is 36.6 Å². The third-order valence-corrected chi connectivity index (χ3v) is 5.81. The van der Waals surface area contributed by atoms with Gasteiger partial charge in [-0.3, -0.25) is 4.79 Å². The largest absolute Gasteiger partial charge is 0.334 e. The van der Waals surface area contributed by atoms with Crippen LogP contribution in [0, 0.1) is 19.7 Å². The van der Waals surface area contributed by atoms with Gasteiger partial charge in [0.2, 0.25) is 5.95 Å². The Hall–Kier alpha value is -3.36. The maximum atomic E-state index is 14.6. The summed E-state index contributed by atoms with van der Waals surface area (Å²) in [4.78, 5) is 27.9. The maximum absolute atomic E-state index is 14.6. The minimum Gasteiger partial charge on any atom is -0.334 e. The number of amides is 1. The number of likely N-dealkylation sites (tertiary alicyclic amines) is 1. The third kappa shape index (κ3) is 3.10. The Morgan fingerprint density at radius 3 is 2.30 bits per heavy atom. The molecule has 3 aromatic rings. The number of nitrogens with zero attached hydrogens (tertiary/aromatic N) is 7. The molecule has 0 spiro atoms. The Kier molecular flexibility index (Phi) is 4.45. The number of carbonyl (C=O) groups is 1. The van der Waals surface area contributed by atoms with Gasteiger partial charge in [-0.25, -0.2) is 14.4 Å². The van der Waals surface area contributed by atoms with Crippen molar-refractivity contribution in [2.75, 3.05) is 18.0 Å². The molecule has 1 aromatic carbocycles. The van der Waals surface area contributed by atoms with E-state index in [4.69, 9.17) is 0 Å². The fraction of sp³-hybridized carbons (Fsp3) is 0.381. The van der Waals surface area contributed by atoms with E-state index in [1.807, 2.05) is 24.8 Å². The molecule has 9 heteroatoms. The number of hydrogen-bond donors (Lipinski definition) is 0. The summed E-state index contributed by atoms with van der Waals surface area (Å²) in [6.07, 6.45) is 4.87. The highest BCUT2D eigenvalue weighted by Crippen LogP contribution is 2.34. The molecule has 0 saturated carbocycles. The molecule has 1 amide bonds. The van der Waals surface area contributed by atoms with Gasteiger partial charge in [0.15, 0.2) is 5.82 Å². The molecule has 0 radical (unpaired) electrons. The molecular formula is C21H22FN7O. The molecular weight excluding hydrogens is 385 g/mol. The minimum absolute atomic E-state index is 0.0833. The molecule has 30 heavy (non-hydrogen) atoms. The zero-order valence-electron chi connectivity index (χ0n) is 16.9. The molecule has 2 fully saturated rings. The summed E-state index contributed by atoms with van der Waals surface area (Å²) < 4.78 is 14.6. The molecule has 2 bridgehead atoms. The Morgan fingerprint density at radius 1 is 1.03 bits per heavy atom. The number of hydrogen-bond acceptors (Lipinski definition) is 6. The van der Waals surface area contributed by atoms with E-state index in [2.05, 4.69) is 25.1 Å². The monoisotopic (exact) mass is 407 g/mol. The van der Waals surface area contributed by atoms with Crippen LogP contribution in [0.1, 0.15) is 34.6 Å². The van der Waals surface area contributed by atoms with Gasteiger partial charge >= 0.3 is 0 Å². The number of aryl methyl sites for hydroxylation is 2. The van der Waals surface area contributed by atoms with E-state index >= 15 is 0 Å². The van der Waals surface area contributed by atoms with Crippen molar-refractivity contribution in [3.8, 4) is 5.69 Å². The Balaban J connectivity index is 1.44. The van der Waals surface area contributed by atoms with Gasteiger partial charge in [0.25, 0.3) is 5.91 Å².